The molecule has 1 aromatic carbocycles. The average Bonchev–Trinajstić information content (AvgIpc) is 3.39. The summed E-state index contributed by atoms with van der Waals surface area (Å²) < 4.78 is 6.82. The zero-order valence-electron chi connectivity index (χ0n) is 20.1. The van der Waals surface area contributed by atoms with Crippen LogP contribution in [0.3, 0.4) is 0 Å². The summed E-state index contributed by atoms with van der Waals surface area (Å²) in [7, 11) is 0. The summed E-state index contributed by atoms with van der Waals surface area (Å²) in [6.07, 6.45) is 4.32. The van der Waals surface area contributed by atoms with E-state index in [0.29, 0.717) is 19.6 Å². The summed E-state index contributed by atoms with van der Waals surface area (Å²) in [6, 6.07) is 8.06. The van der Waals surface area contributed by atoms with Gasteiger partial charge in [-0.15, -0.1) is 0 Å². The standard InChI is InChI=1S/C26H35N3O3/c1-17-8-9-19-18(16-17)22(25(2,3)4)23(30)28(19)13-7-12-26(5,6)21-10-14-29(27-21)20-11-15-32-24(20)31/h8-10,14,16,20,22H,7,11-13,15H2,1-6H3. The van der Waals surface area contributed by atoms with Crippen LogP contribution < -0.4 is 4.90 Å². The molecule has 2 atom stereocenters. The van der Waals surface area contributed by atoms with E-state index in [4.69, 9.17) is 9.84 Å². The van der Waals surface area contributed by atoms with Crippen LogP contribution in [0, 0.1) is 12.3 Å². The Morgan fingerprint density at radius 2 is 1.88 bits per heavy atom. The number of hydrogen-bond donors (Lipinski definition) is 0. The highest BCUT2D eigenvalue weighted by Gasteiger charge is 2.43. The van der Waals surface area contributed by atoms with Crippen molar-refractivity contribution in [3.63, 3.8) is 0 Å². The van der Waals surface area contributed by atoms with E-state index in [1.54, 1.807) is 4.68 Å². The normalized spacial score (nSPS) is 21.2. The van der Waals surface area contributed by atoms with Crippen molar-refractivity contribution in [1.82, 2.24) is 9.78 Å². The van der Waals surface area contributed by atoms with Gasteiger partial charge in [-0.05, 0) is 42.9 Å². The maximum atomic E-state index is 13.4. The predicted molar refractivity (Wildman–Crippen MR) is 125 cm³/mol. The highest BCUT2D eigenvalue weighted by atomic mass is 16.5. The second-order valence-electron chi connectivity index (χ2n) is 11.0. The second kappa shape index (κ2) is 8.05. The number of esters is 1. The highest BCUT2D eigenvalue weighted by Crippen LogP contribution is 2.47. The predicted octanol–water partition coefficient (Wildman–Crippen LogP) is 4.91. The van der Waals surface area contributed by atoms with E-state index in [1.165, 1.54) is 5.56 Å². The fraction of sp³-hybridized carbons (Fsp3) is 0.577. The number of ether oxygens (including phenoxy) is 1. The molecule has 1 aromatic heterocycles. The smallest absolute Gasteiger partial charge is 0.331 e. The van der Waals surface area contributed by atoms with Gasteiger partial charge < -0.3 is 9.64 Å². The van der Waals surface area contributed by atoms with Crippen molar-refractivity contribution in [1.29, 1.82) is 0 Å². The lowest BCUT2D eigenvalue weighted by atomic mass is 9.77. The van der Waals surface area contributed by atoms with E-state index in [2.05, 4.69) is 59.7 Å². The molecule has 2 aliphatic heterocycles. The van der Waals surface area contributed by atoms with Crippen LogP contribution in [0.15, 0.2) is 30.5 Å². The van der Waals surface area contributed by atoms with E-state index in [-0.39, 0.29) is 34.7 Å². The minimum Gasteiger partial charge on any atom is -0.464 e. The number of amides is 1. The molecule has 1 fully saturated rings. The lowest BCUT2D eigenvalue weighted by molar-refractivity contribution is -0.140. The summed E-state index contributed by atoms with van der Waals surface area (Å²) >= 11 is 0. The van der Waals surface area contributed by atoms with E-state index < -0.39 is 0 Å². The first-order valence-corrected chi connectivity index (χ1v) is 11.6. The van der Waals surface area contributed by atoms with Crippen molar-refractivity contribution in [3.05, 3.63) is 47.3 Å². The third-order valence-electron chi connectivity index (χ3n) is 6.88. The van der Waals surface area contributed by atoms with Gasteiger partial charge in [0, 0.05) is 30.3 Å². The first kappa shape index (κ1) is 22.6. The summed E-state index contributed by atoms with van der Waals surface area (Å²) in [5.74, 6) is -0.0977. The number of rotatable bonds is 6. The largest absolute Gasteiger partial charge is 0.464 e. The van der Waals surface area contributed by atoms with Gasteiger partial charge in [-0.3, -0.25) is 9.48 Å². The Morgan fingerprint density at radius 3 is 2.53 bits per heavy atom. The molecule has 2 aliphatic rings. The molecule has 0 aliphatic carbocycles. The first-order valence-electron chi connectivity index (χ1n) is 11.6. The van der Waals surface area contributed by atoms with E-state index in [9.17, 15) is 9.59 Å². The topological polar surface area (TPSA) is 64.4 Å². The quantitative estimate of drug-likeness (QED) is 0.602. The zero-order valence-corrected chi connectivity index (χ0v) is 20.1. The number of hydrogen-bond acceptors (Lipinski definition) is 4. The minimum atomic E-state index is -0.309. The second-order valence-corrected chi connectivity index (χ2v) is 11.0. The Morgan fingerprint density at radius 1 is 1.12 bits per heavy atom. The summed E-state index contributed by atoms with van der Waals surface area (Å²) in [4.78, 5) is 27.3. The number of nitrogens with zero attached hydrogens (tertiary/aromatic N) is 3. The van der Waals surface area contributed by atoms with Crippen molar-refractivity contribution in [3.8, 4) is 0 Å². The third-order valence-corrected chi connectivity index (χ3v) is 6.88. The average molecular weight is 438 g/mol. The van der Waals surface area contributed by atoms with E-state index in [0.717, 1.165) is 29.8 Å². The maximum absolute atomic E-state index is 13.4. The molecule has 3 heterocycles. The lowest BCUT2D eigenvalue weighted by Gasteiger charge is -2.27. The van der Waals surface area contributed by atoms with Gasteiger partial charge in [-0.25, -0.2) is 4.79 Å². The Balaban J connectivity index is 1.45. The number of aryl methyl sites for hydroxylation is 1. The monoisotopic (exact) mass is 437 g/mol. The molecule has 1 amide bonds. The molecule has 0 spiro atoms. The van der Waals surface area contributed by atoms with Gasteiger partial charge in [0.15, 0.2) is 6.04 Å². The number of benzene rings is 1. The van der Waals surface area contributed by atoms with Crippen LogP contribution in [0.5, 0.6) is 0 Å². The van der Waals surface area contributed by atoms with Crippen LogP contribution in [0.1, 0.15) is 82.7 Å². The summed E-state index contributed by atoms with van der Waals surface area (Å²) in [5, 5.41) is 4.71. The fourth-order valence-corrected chi connectivity index (χ4v) is 5.03. The van der Waals surface area contributed by atoms with Gasteiger partial charge in [0.1, 0.15) is 0 Å². The first-order chi connectivity index (χ1) is 15.0. The van der Waals surface area contributed by atoms with Crippen molar-refractivity contribution in [2.24, 2.45) is 5.41 Å². The summed E-state index contributed by atoms with van der Waals surface area (Å²) in [5.41, 5.74) is 4.09. The van der Waals surface area contributed by atoms with E-state index >= 15 is 0 Å². The SMILES string of the molecule is Cc1ccc2c(c1)C(C(C)(C)C)C(=O)N2CCCC(C)(C)c1ccn(C2CCOC2=O)n1. The van der Waals surface area contributed by atoms with Gasteiger partial charge in [0.25, 0.3) is 0 Å². The van der Waals surface area contributed by atoms with Crippen molar-refractivity contribution >= 4 is 17.6 Å². The van der Waals surface area contributed by atoms with Gasteiger partial charge in [-0.2, -0.15) is 5.10 Å². The number of aromatic nitrogens is 2. The molecule has 32 heavy (non-hydrogen) atoms. The molecule has 0 bridgehead atoms. The number of carbonyl (C=O) groups excluding carboxylic acids is 2. The Kier molecular flexibility index (Phi) is 5.68. The molecule has 0 N–H and O–H groups in total. The van der Waals surface area contributed by atoms with Crippen LogP contribution in [-0.4, -0.2) is 34.8 Å². The number of cyclic esters (lactones) is 1. The number of fused-ring (bicyclic) bond motifs is 1. The van der Waals surface area contributed by atoms with Crippen LogP contribution >= 0.6 is 0 Å². The molecule has 2 aromatic rings. The molecule has 2 unspecified atom stereocenters. The minimum absolute atomic E-state index is 0.104. The molecule has 4 rings (SSSR count). The van der Waals surface area contributed by atoms with Crippen LogP contribution in [0.25, 0.3) is 0 Å². The Hall–Kier alpha value is -2.63. The Bertz CT molecular complexity index is 1030. The molecule has 172 valence electrons. The van der Waals surface area contributed by atoms with Crippen LogP contribution in [0.2, 0.25) is 0 Å². The highest BCUT2D eigenvalue weighted by molar-refractivity contribution is 6.05. The Labute approximate surface area is 190 Å². The molecule has 1 saturated heterocycles. The molecular formula is C26H35N3O3. The third kappa shape index (κ3) is 4.07. The van der Waals surface area contributed by atoms with Crippen molar-refractivity contribution in [2.75, 3.05) is 18.1 Å². The van der Waals surface area contributed by atoms with Gasteiger partial charge in [0.2, 0.25) is 5.91 Å². The molecule has 6 heteroatoms. The van der Waals surface area contributed by atoms with Gasteiger partial charge in [-0.1, -0.05) is 52.3 Å². The van der Waals surface area contributed by atoms with Gasteiger partial charge in [0.05, 0.1) is 18.2 Å². The van der Waals surface area contributed by atoms with Crippen molar-refractivity contribution in [2.45, 2.75) is 78.2 Å². The molecule has 6 nitrogen and oxygen atoms in total. The van der Waals surface area contributed by atoms with Gasteiger partial charge >= 0.3 is 5.97 Å². The number of anilines is 1. The van der Waals surface area contributed by atoms with Crippen LogP contribution in [-0.2, 0) is 19.7 Å². The van der Waals surface area contributed by atoms with Crippen molar-refractivity contribution < 1.29 is 14.3 Å². The zero-order chi connectivity index (χ0) is 23.3. The molecule has 0 radical (unpaired) electrons. The lowest BCUT2D eigenvalue weighted by Crippen LogP contribution is -2.34. The molecular weight excluding hydrogens is 402 g/mol. The number of carbonyl (C=O) groups is 2. The maximum Gasteiger partial charge on any atom is 0.331 e. The fourth-order valence-electron chi connectivity index (χ4n) is 5.03. The van der Waals surface area contributed by atoms with E-state index in [1.807, 2.05) is 17.2 Å². The molecule has 0 saturated carbocycles. The summed E-state index contributed by atoms with van der Waals surface area (Å²) in [6.45, 7) is 14.0. The van der Waals surface area contributed by atoms with Crippen LogP contribution in [0.4, 0.5) is 5.69 Å².